The zero-order valence-corrected chi connectivity index (χ0v) is 13.5. The Kier molecular flexibility index (Phi) is 4.29. The highest BCUT2D eigenvalue weighted by Gasteiger charge is 2.37. The molecule has 0 bridgehead atoms. The Hall–Kier alpha value is -0.130. The molecule has 19 heavy (non-hydrogen) atoms. The quantitative estimate of drug-likeness (QED) is 0.846. The van der Waals surface area contributed by atoms with Gasteiger partial charge in [-0.25, -0.2) is 8.42 Å². The van der Waals surface area contributed by atoms with Crippen molar-refractivity contribution in [3.8, 4) is 0 Å². The van der Waals surface area contributed by atoms with E-state index in [1.807, 2.05) is 0 Å². The van der Waals surface area contributed by atoms with E-state index in [1.165, 1.54) is 0 Å². The van der Waals surface area contributed by atoms with Crippen molar-refractivity contribution in [1.82, 2.24) is 10.2 Å². The SMILES string of the molecule is CC(C)C1CNC(C)(C)CN1CC1CCS(=O)(=O)C1. The highest BCUT2D eigenvalue weighted by Crippen LogP contribution is 2.25. The van der Waals surface area contributed by atoms with Crippen molar-refractivity contribution in [2.24, 2.45) is 11.8 Å². The molecule has 112 valence electrons. The maximum Gasteiger partial charge on any atom is 0.150 e. The maximum atomic E-state index is 11.6. The number of nitrogens with zero attached hydrogens (tertiary/aromatic N) is 1. The van der Waals surface area contributed by atoms with Gasteiger partial charge in [-0.1, -0.05) is 13.8 Å². The summed E-state index contributed by atoms with van der Waals surface area (Å²) < 4.78 is 23.2. The Morgan fingerprint density at radius 2 is 2.05 bits per heavy atom. The summed E-state index contributed by atoms with van der Waals surface area (Å²) in [7, 11) is -2.76. The maximum absolute atomic E-state index is 11.6. The molecule has 0 amide bonds. The van der Waals surface area contributed by atoms with Gasteiger partial charge in [-0.2, -0.15) is 0 Å². The van der Waals surface area contributed by atoms with Gasteiger partial charge in [0.2, 0.25) is 0 Å². The summed E-state index contributed by atoms with van der Waals surface area (Å²) >= 11 is 0. The normalized spacial score (nSPS) is 34.8. The van der Waals surface area contributed by atoms with Crippen molar-refractivity contribution in [2.45, 2.75) is 45.7 Å². The van der Waals surface area contributed by atoms with Gasteiger partial charge in [-0.3, -0.25) is 4.90 Å². The van der Waals surface area contributed by atoms with Crippen LogP contribution >= 0.6 is 0 Å². The molecule has 0 aliphatic carbocycles. The molecule has 0 aromatic rings. The molecule has 0 aromatic heterocycles. The fraction of sp³-hybridized carbons (Fsp3) is 1.00. The number of hydrogen-bond acceptors (Lipinski definition) is 4. The van der Waals surface area contributed by atoms with E-state index in [1.54, 1.807) is 0 Å². The predicted octanol–water partition coefficient (Wildman–Crippen LogP) is 1.13. The van der Waals surface area contributed by atoms with Crippen molar-refractivity contribution < 1.29 is 8.42 Å². The molecular weight excluding hydrogens is 260 g/mol. The van der Waals surface area contributed by atoms with Crippen LogP contribution in [0.25, 0.3) is 0 Å². The van der Waals surface area contributed by atoms with Crippen LogP contribution in [0.15, 0.2) is 0 Å². The molecule has 0 spiro atoms. The number of sulfone groups is 1. The monoisotopic (exact) mass is 288 g/mol. The van der Waals surface area contributed by atoms with E-state index in [9.17, 15) is 8.42 Å². The molecule has 2 fully saturated rings. The molecule has 4 nitrogen and oxygen atoms in total. The van der Waals surface area contributed by atoms with Crippen molar-refractivity contribution in [3.05, 3.63) is 0 Å². The summed E-state index contributed by atoms with van der Waals surface area (Å²) in [6, 6.07) is 0.524. The van der Waals surface area contributed by atoms with E-state index in [0.29, 0.717) is 29.4 Å². The van der Waals surface area contributed by atoms with Gasteiger partial charge in [0, 0.05) is 31.2 Å². The third-order valence-corrected chi connectivity index (χ3v) is 6.28. The van der Waals surface area contributed by atoms with Gasteiger partial charge < -0.3 is 5.32 Å². The first-order valence-electron chi connectivity index (χ1n) is 7.38. The fourth-order valence-electron chi connectivity index (χ4n) is 3.40. The standard InChI is InChI=1S/C14H28N2O2S/c1-11(2)13-7-15-14(3,4)10-16(13)8-12-5-6-19(17,18)9-12/h11-13,15H,5-10H2,1-4H3. The molecule has 0 saturated carbocycles. The second kappa shape index (κ2) is 5.34. The van der Waals surface area contributed by atoms with Crippen LogP contribution < -0.4 is 5.32 Å². The topological polar surface area (TPSA) is 49.4 Å². The van der Waals surface area contributed by atoms with Crippen molar-refractivity contribution in [3.63, 3.8) is 0 Å². The van der Waals surface area contributed by atoms with Crippen LogP contribution in [-0.2, 0) is 9.84 Å². The first-order valence-corrected chi connectivity index (χ1v) is 9.20. The Balaban J connectivity index is 2.02. The average molecular weight is 288 g/mol. The minimum Gasteiger partial charge on any atom is -0.309 e. The molecule has 5 heteroatoms. The number of nitrogens with one attached hydrogen (secondary N) is 1. The minimum absolute atomic E-state index is 0.128. The predicted molar refractivity (Wildman–Crippen MR) is 79.0 cm³/mol. The lowest BCUT2D eigenvalue weighted by atomic mass is 9.92. The van der Waals surface area contributed by atoms with Crippen LogP contribution in [0.4, 0.5) is 0 Å². The van der Waals surface area contributed by atoms with Gasteiger partial charge >= 0.3 is 0 Å². The summed E-state index contributed by atoms with van der Waals surface area (Å²) in [4.78, 5) is 2.52. The van der Waals surface area contributed by atoms with E-state index in [2.05, 4.69) is 37.9 Å². The lowest BCUT2D eigenvalue weighted by Crippen LogP contribution is -2.63. The lowest BCUT2D eigenvalue weighted by molar-refractivity contribution is 0.0582. The van der Waals surface area contributed by atoms with Crippen molar-refractivity contribution >= 4 is 9.84 Å². The van der Waals surface area contributed by atoms with Gasteiger partial charge in [0.25, 0.3) is 0 Å². The molecule has 2 aliphatic heterocycles. The first-order chi connectivity index (χ1) is 8.69. The Labute approximate surface area is 117 Å². The molecule has 2 unspecified atom stereocenters. The minimum atomic E-state index is -2.76. The van der Waals surface area contributed by atoms with Gasteiger partial charge in [-0.05, 0) is 32.1 Å². The van der Waals surface area contributed by atoms with Gasteiger partial charge in [0.1, 0.15) is 0 Å². The molecule has 2 saturated heterocycles. The van der Waals surface area contributed by atoms with Gasteiger partial charge in [0.05, 0.1) is 11.5 Å². The van der Waals surface area contributed by atoms with Crippen LogP contribution in [-0.4, -0.2) is 56.0 Å². The zero-order chi connectivity index (χ0) is 14.3. The van der Waals surface area contributed by atoms with Crippen molar-refractivity contribution in [2.75, 3.05) is 31.1 Å². The summed E-state index contributed by atoms with van der Waals surface area (Å²) in [5, 5.41) is 3.60. The Morgan fingerprint density at radius 3 is 2.58 bits per heavy atom. The largest absolute Gasteiger partial charge is 0.309 e. The van der Waals surface area contributed by atoms with Gasteiger partial charge in [-0.15, -0.1) is 0 Å². The van der Waals surface area contributed by atoms with Crippen LogP contribution in [0.3, 0.4) is 0 Å². The van der Waals surface area contributed by atoms with E-state index in [4.69, 9.17) is 0 Å². The zero-order valence-electron chi connectivity index (χ0n) is 12.6. The van der Waals surface area contributed by atoms with Gasteiger partial charge in [0.15, 0.2) is 9.84 Å². The Morgan fingerprint density at radius 1 is 1.37 bits per heavy atom. The van der Waals surface area contributed by atoms with Crippen LogP contribution in [0.5, 0.6) is 0 Å². The smallest absolute Gasteiger partial charge is 0.150 e. The highest BCUT2D eigenvalue weighted by atomic mass is 32.2. The van der Waals surface area contributed by atoms with E-state index >= 15 is 0 Å². The Bertz CT molecular complexity index is 417. The van der Waals surface area contributed by atoms with E-state index < -0.39 is 9.84 Å². The molecule has 2 heterocycles. The third-order valence-electron chi connectivity index (χ3n) is 4.45. The fourth-order valence-corrected chi connectivity index (χ4v) is 5.25. The average Bonchev–Trinajstić information content (AvgIpc) is 2.56. The summed E-state index contributed by atoms with van der Waals surface area (Å²) in [5.41, 5.74) is 0.128. The molecule has 2 aliphatic rings. The number of piperazine rings is 1. The molecule has 1 N–H and O–H groups in total. The second-order valence-corrected chi connectivity index (χ2v) is 9.50. The first kappa shape index (κ1) is 15.3. The third kappa shape index (κ3) is 3.92. The molecule has 0 aromatic carbocycles. The van der Waals surface area contributed by atoms with E-state index in [-0.39, 0.29) is 5.54 Å². The van der Waals surface area contributed by atoms with Crippen LogP contribution in [0.2, 0.25) is 0 Å². The number of rotatable bonds is 3. The van der Waals surface area contributed by atoms with Crippen LogP contribution in [0.1, 0.15) is 34.1 Å². The molecule has 0 radical (unpaired) electrons. The second-order valence-electron chi connectivity index (χ2n) is 7.27. The molecule has 2 rings (SSSR count). The van der Waals surface area contributed by atoms with Crippen molar-refractivity contribution in [1.29, 1.82) is 0 Å². The summed E-state index contributed by atoms with van der Waals surface area (Å²) in [5.74, 6) is 1.71. The van der Waals surface area contributed by atoms with Crippen LogP contribution in [0, 0.1) is 11.8 Å². The van der Waals surface area contributed by atoms with E-state index in [0.717, 1.165) is 26.1 Å². The summed E-state index contributed by atoms with van der Waals surface area (Å²) in [6.45, 7) is 11.9. The molecular formula is C14H28N2O2S. The summed E-state index contributed by atoms with van der Waals surface area (Å²) in [6.07, 6.45) is 0.845. The number of hydrogen-bond donors (Lipinski definition) is 1. The lowest BCUT2D eigenvalue weighted by Gasteiger charge is -2.47. The highest BCUT2D eigenvalue weighted by molar-refractivity contribution is 7.91. The molecule has 2 atom stereocenters.